The Morgan fingerprint density at radius 1 is 1.08 bits per heavy atom. The molecular formula is C16H23N7O2. The van der Waals surface area contributed by atoms with Gasteiger partial charge in [0.05, 0.1) is 13.7 Å². The maximum atomic E-state index is 5.65. The van der Waals surface area contributed by atoms with E-state index in [0.29, 0.717) is 36.3 Å². The van der Waals surface area contributed by atoms with Gasteiger partial charge in [-0.05, 0) is 25.7 Å². The predicted molar refractivity (Wildman–Crippen MR) is 90.7 cm³/mol. The van der Waals surface area contributed by atoms with Gasteiger partial charge in [0.25, 0.3) is 0 Å². The summed E-state index contributed by atoms with van der Waals surface area (Å²) in [5.74, 6) is 2.83. The summed E-state index contributed by atoms with van der Waals surface area (Å²) in [5.41, 5.74) is 0. The van der Waals surface area contributed by atoms with Crippen LogP contribution in [0, 0.1) is 0 Å². The molecule has 2 aromatic rings. The van der Waals surface area contributed by atoms with Crippen molar-refractivity contribution >= 4 is 11.9 Å². The third-order valence-electron chi connectivity index (χ3n) is 4.48. The number of anilines is 2. The van der Waals surface area contributed by atoms with Crippen LogP contribution < -0.4 is 15.0 Å². The molecule has 4 rings (SSSR count). The van der Waals surface area contributed by atoms with E-state index in [2.05, 4.69) is 35.4 Å². The monoisotopic (exact) mass is 345 g/mol. The van der Waals surface area contributed by atoms with Gasteiger partial charge in [0.15, 0.2) is 0 Å². The molecule has 2 fully saturated rings. The zero-order valence-corrected chi connectivity index (χ0v) is 14.4. The van der Waals surface area contributed by atoms with Gasteiger partial charge in [0, 0.05) is 19.0 Å². The van der Waals surface area contributed by atoms with Crippen molar-refractivity contribution in [1.82, 2.24) is 25.1 Å². The van der Waals surface area contributed by atoms with E-state index in [1.54, 1.807) is 7.11 Å². The third kappa shape index (κ3) is 3.97. The Balaban J connectivity index is 1.46. The summed E-state index contributed by atoms with van der Waals surface area (Å²) in [6.07, 6.45) is 7.10. The number of hydrogen-bond donors (Lipinski definition) is 1. The van der Waals surface area contributed by atoms with Gasteiger partial charge in [-0.15, -0.1) is 10.2 Å². The van der Waals surface area contributed by atoms with Gasteiger partial charge in [-0.2, -0.15) is 15.0 Å². The summed E-state index contributed by atoms with van der Waals surface area (Å²) in [4.78, 5) is 15.4. The minimum atomic E-state index is 0.306. The second kappa shape index (κ2) is 7.20. The topological polar surface area (TPSA) is 102 Å². The summed E-state index contributed by atoms with van der Waals surface area (Å²) in [7, 11) is 1.56. The summed E-state index contributed by atoms with van der Waals surface area (Å²) in [6.45, 7) is 2.30. The van der Waals surface area contributed by atoms with Crippen LogP contribution >= 0.6 is 0 Å². The summed E-state index contributed by atoms with van der Waals surface area (Å²) in [5, 5.41) is 11.3. The predicted octanol–water partition coefficient (Wildman–Crippen LogP) is 2.13. The third-order valence-corrected chi connectivity index (χ3v) is 4.48. The highest BCUT2D eigenvalue weighted by molar-refractivity contribution is 5.38. The molecule has 0 aromatic carbocycles. The fourth-order valence-corrected chi connectivity index (χ4v) is 2.92. The van der Waals surface area contributed by atoms with Crippen LogP contribution in [0.3, 0.4) is 0 Å². The summed E-state index contributed by atoms with van der Waals surface area (Å²) >= 11 is 0. The minimum absolute atomic E-state index is 0.306. The average Bonchev–Trinajstić information content (AvgIpc) is 3.44. The van der Waals surface area contributed by atoms with E-state index in [9.17, 15) is 0 Å². The van der Waals surface area contributed by atoms with Crippen molar-refractivity contribution in [2.24, 2.45) is 0 Å². The molecule has 0 bridgehead atoms. The second-order valence-corrected chi connectivity index (χ2v) is 6.51. The van der Waals surface area contributed by atoms with Gasteiger partial charge in [0.1, 0.15) is 0 Å². The van der Waals surface area contributed by atoms with Gasteiger partial charge in [-0.3, -0.25) is 0 Å². The molecule has 1 N–H and O–H groups in total. The van der Waals surface area contributed by atoms with Crippen LogP contribution in [0.1, 0.15) is 56.2 Å². The first kappa shape index (κ1) is 16.0. The Morgan fingerprint density at radius 3 is 2.60 bits per heavy atom. The highest BCUT2D eigenvalue weighted by Crippen LogP contribution is 2.39. The molecule has 0 atom stereocenters. The number of hydrogen-bond acceptors (Lipinski definition) is 9. The summed E-state index contributed by atoms with van der Waals surface area (Å²) in [6, 6.07) is 0.306. The molecule has 3 heterocycles. The largest absolute Gasteiger partial charge is 0.467 e. The minimum Gasteiger partial charge on any atom is -0.467 e. The molecule has 0 unspecified atom stereocenters. The van der Waals surface area contributed by atoms with Crippen molar-refractivity contribution in [3.8, 4) is 6.01 Å². The van der Waals surface area contributed by atoms with Gasteiger partial charge in [-0.25, -0.2) is 0 Å². The van der Waals surface area contributed by atoms with Crippen molar-refractivity contribution in [2.45, 2.75) is 51.0 Å². The lowest BCUT2D eigenvalue weighted by molar-refractivity contribution is 0.378. The Bertz CT molecular complexity index is 708. The van der Waals surface area contributed by atoms with Crippen LogP contribution in [-0.4, -0.2) is 45.3 Å². The van der Waals surface area contributed by atoms with E-state index in [1.807, 2.05) is 0 Å². The lowest BCUT2D eigenvalue weighted by Crippen LogP contribution is -2.26. The van der Waals surface area contributed by atoms with E-state index >= 15 is 0 Å². The fourth-order valence-electron chi connectivity index (χ4n) is 2.92. The van der Waals surface area contributed by atoms with Crippen molar-refractivity contribution in [1.29, 1.82) is 0 Å². The Morgan fingerprint density at radius 2 is 1.88 bits per heavy atom. The molecule has 134 valence electrons. The molecule has 0 radical (unpaired) electrons. The molecular weight excluding hydrogens is 322 g/mol. The zero-order chi connectivity index (χ0) is 17.1. The molecule has 1 saturated heterocycles. The number of nitrogens with zero attached hydrogens (tertiary/aromatic N) is 6. The van der Waals surface area contributed by atoms with Crippen LogP contribution in [0.15, 0.2) is 4.42 Å². The first-order valence-electron chi connectivity index (χ1n) is 8.93. The first-order chi connectivity index (χ1) is 12.3. The normalized spacial score (nSPS) is 18.0. The van der Waals surface area contributed by atoms with Crippen LogP contribution in [-0.2, 0) is 6.54 Å². The number of methoxy groups -OCH3 is 1. The SMILES string of the molecule is COc1nc(NCc2nnc(C3CC3)o2)nc(N2CCCCCC2)n1. The molecule has 1 aliphatic carbocycles. The number of rotatable bonds is 6. The second-order valence-electron chi connectivity index (χ2n) is 6.51. The molecule has 2 aromatic heterocycles. The Kier molecular flexibility index (Phi) is 4.62. The zero-order valence-electron chi connectivity index (χ0n) is 14.4. The van der Waals surface area contributed by atoms with E-state index in [0.717, 1.165) is 44.7 Å². The molecule has 9 heteroatoms. The standard InChI is InChI=1S/C16H23N7O2/c1-24-16-19-14(17-10-12-21-22-13(25-12)11-6-7-11)18-15(20-16)23-8-4-2-3-5-9-23/h11H,2-10H2,1H3,(H,17,18,19,20). The van der Waals surface area contributed by atoms with E-state index < -0.39 is 0 Å². The van der Waals surface area contributed by atoms with Crippen LogP contribution in [0.5, 0.6) is 6.01 Å². The Labute approximate surface area is 146 Å². The van der Waals surface area contributed by atoms with Gasteiger partial charge in [0.2, 0.25) is 23.7 Å². The van der Waals surface area contributed by atoms with Crippen molar-refractivity contribution in [2.75, 3.05) is 30.4 Å². The summed E-state index contributed by atoms with van der Waals surface area (Å²) < 4.78 is 10.9. The molecule has 9 nitrogen and oxygen atoms in total. The van der Waals surface area contributed by atoms with Crippen molar-refractivity contribution in [3.05, 3.63) is 11.8 Å². The maximum Gasteiger partial charge on any atom is 0.322 e. The fraction of sp³-hybridized carbons (Fsp3) is 0.688. The quantitative estimate of drug-likeness (QED) is 0.843. The highest BCUT2D eigenvalue weighted by atomic mass is 16.5. The van der Waals surface area contributed by atoms with Crippen LogP contribution in [0.4, 0.5) is 11.9 Å². The van der Waals surface area contributed by atoms with Crippen LogP contribution in [0.2, 0.25) is 0 Å². The first-order valence-corrected chi connectivity index (χ1v) is 8.93. The lowest BCUT2D eigenvalue weighted by Gasteiger charge is -2.20. The van der Waals surface area contributed by atoms with Gasteiger partial charge >= 0.3 is 6.01 Å². The van der Waals surface area contributed by atoms with E-state index in [-0.39, 0.29) is 0 Å². The molecule has 25 heavy (non-hydrogen) atoms. The van der Waals surface area contributed by atoms with Gasteiger partial charge < -0.3 is 19.4 Å². The smallest absolute Gasteiger partial charge is 0.322 e. The van der Waals surface area contributed by atoms with Crippen molar-refractivity contribution < 1.29 is 9.15 Å². The van der Waals surface area contributed by atoms with Gasteiger partial charge in [-0.1, -0.05) is 12.8 Å². The van der Waals surface area contributed by atoms with Crippen LogP contribution in [0.25, 0.3) is 0 Å². The lowest BCUT2D eigenvalue weighted by atomic mass is 10.2. The number of aromatic nitrogens is 5. The van der Waals surface area contributed by atoms with E-state index in [4.69, 9.17) is 9.15 Å². The molecule has 1 saturated carbocycles. The molecule has 0 amide bonds. The Hall–Kier alpha value is -2.45. The molecule has 1 aliphatic heterocycles. The number of nitrogens with one attached hydrogen (secondary N) is 1. The molecule has 2 aliphatic rings. The average molecular weight is 345 g/mol. The number of ether oxygens (including phenoxy) is 1. The molecule has 0 spiro atoms. The maximum absolute atomic E-state index is 5.65. The van der Waals surface area contributed by atoms with E-state index in [1.165, 1.54) is 12.8 Å². The highest BCUT2D eigenvalue weighted by Gasteiger charge is 2.29. The van der Waals surface area contributed by atoms with Crippen molar-refractivity contribution in [3.63, 3.8) is 0 Å².